The number of rotatable bonds is 8. The van der Waals surface area contributed by atoms with Gasteiger partial charge in [0, 0.05) is 11.1 Å². The Balaban J connectivity index is 1.84. The topological polar surface area (TPSA) is 68.0 Å². The minimum atomic E-state index is -0.167. The third-order valence-corrected chi connectivity index (χ3v) is 4.83. The van der Waals surface area contributed by atoms with Gasteiger partial charge in [-0.3, -0.25) is 4.79 Å². The number of hydrogen-bond donors (Lipinski definition) is 1. The first-order valence-electron chi connectivity index (χ1n) is 8.24. The Morgan fingerprint density at radius 2 is 1.96 bits per heavy atom. The van der Waals surface area contributed by atoms with E-state index < -0.39 is 0 Å². The summed E-state index contributed by atoms with van der Waals surface area (Å²) in [7, 11) is 0. The second kappa shape index (κ2) is 8.33. The number of thioether (sulfide) groups is 1. The van der Waals surface area contributed by atoms with Crippen molar-refractivity contribution < 1.29 is 9.32 Å². The number of aromatic nitrogens is 2. The maximum absolute atomic E-state index is 11.9. The van der Waals surface area contributed by atoms with Gasteiger partial charge in [-0.15, -0.1) is 11.8 Å². The lowest BCUT2D eigenvalue weighted by atomic mass is 10.0. The van der Waals surface area contributed by atoms with Gasteiger partial charge in [0.25, 0.3) is 0 Å². The van der Waals surface area contributed by atoms with Crippen LogP contribution in [0.3, 0.4) is 0 Å². The molecule has 0 aliphatic carbocycles. The van der Waals surface area contributed by atoms with Crippen molar-refractivity contribution in [3.05, 3.63) is 35.7 Å². The van der Waals surface area contributed by atoms with E-state index >= 15 is 0 Å². The summed E-state index contributed by atoms with van der Waals surface area (Å²) in [6.45, 7) is 8.21. The lowest BCUT2D eigenvalue weighted by Gasteiger charge is -2.24. The zero-order valence-corrected chi connectivity index (χ0v) is 15.6. The molecule has 1 aromatic carbocycles. The summed E-state index contributed by atoms with van der Waals surface area (Å²) in [6, 6.07) is 8.14. The van der Waals surface area contributed by atoms with Crippen LogP contribution < -0.4 is 5.32 Å². The summed E-state index contributed by atoms with van der Waals surface area (Å²) in [5.74, 6) is 2.07. The van der Waals surface area contributed by atoms with Crippen LogP contribution in [0.2, 0.25) is 0 Å². The zero-order chi connectivity index (χ0) is 17.6. The van der Waals surface area contributed by atoms with Crippen LogP contribution in [0.15, 0.2) is 28.8 Å². The average molecular weight is 347 g/mol. The molecule has 5 nitrogen and oxygen atoms in total. The maximum atomic E-state index is 11.9. The third-order valence-electron chi connectivity index (χ3n) is 3.91. The molecule has 1 aromatic heterocycles. The molecule has 0 atom stereocenters. The summed E-state index contributed by atoms with van der Waals surface area (Å²) in [6.07, 6.45) is 1.90. The fraction of sp³-hybridized carbons (Fsp3) is 0.500. The second-order valence-electron chi connectivity index (χ2n) is 6.34. The highest BCUT2D eigenvalue weighted by molar-refractivity contribution is 7.99. The first-order chi connectivity index (χ1) is 11.4. The Hall–Kier alpha value is -1.82. The molecule has 0 radical (unpaired) electrons. The Morgan fingerprint density at radius 1 is 1.25 bits per heavy atom. The van der Waals surface area contributed by atoms with Gasteiger partial charge in [-0.2, -0.15) is 4.98 Å². The molecule has 1 N–H and O–H groups in total. The number of carbonyl (C=O) groups is 1. The van der Waals surface area contributed by atoms with Crippen LogP contribution >= 0.6 is 11.8 Å². The molecule has 2 aromatic rings. The summed E-state index contributed by atoms with van der Waals surface area (Å²) in [5, 5.41) is 7.02. The van der Waals surface area contributed by atoms with E-state index in [9.17, 15) is 4.79 Å². The van der Waals surface area contributed by atoms with Gasteiger partial charge in [0.2, 0.25) is 17.6 Å². The first-order valence-corrected chi connectivity index (χ1v) is 9.39. The second-order valence-corrected chi connectivity index (χ2v) is 7.33. The van der Waals surface area contributed by atoms with E-state index in [-0.39, 0.29) is 11.4 Å². The number of amides is 1. The molecule has 24 heavy (non-hydrogen) atoms. The van der Waals surface area contributed by atoms with Gasteiger partial charge < -0.3 is 9.84 Å². The largest absolute Gasteiger partial charge is 0.351 e. The van der Waals surface area contributed by atoms with Gasteiger partial charge in [0.15, 0.2) is 0 Å². The van der Waals surface area contributed by atoms with Gasteiger partial charge >= 0.3 is 0 Å². The standard InChI is InChI=1S/C18H25N3O2S/c1-5-13-7-9-14(10-8-13)17-19-16(23-21-17)12-24-11-15(22)20-18(3,4)6-2/h7-10H,5-6,11-12H2,1-4H3,(H,20,22). The van der Waals surface area contributed by atoms with Crippen molar-refractivity contribution in [2.75, 3.05) is 5.75 Å². The van der Waals surface area contributed by atoms with Crippen LogP contribution in [-0.2, 0) is 17.0 Å². The Bertz CT molecular complexity index is 665. The molecule has 6 heteroatoms. The predicted molar refractivity (Wildman–Crippen MR) is 97.8 cm³/mol. The third kappa shape index (κ3) is 5.37. The van der Waals surface area contributed by atoms with E-state index in [1.54, 1.807) is 0 Å². The molecule has 0 aliphatic rings. The van der Waals surface area contributed by atoms with E-state index in [0.29, 0.717) is 23.2 Å². The van der Waals surface area contributed by atoms with Crippen LogP contribution in [0.1, 0.15) is 45.6 Å². The van der Waals surface area contributed by atoms with Crippen LogP contribution in [0.5, 0.6) is 0 Å². The Labute approximate surface area is 147 Å². The molecule has 1 amide bonds. The summed E-state index contributed by atoms with van der Waals surface area (Å²) in [5.41, 5.74) is 2.05. The van der Waals surface area contributed by atoms with Crippen molar-refractivity contribution in [3.8, 4) is 11.4 Å². The van der Waals surface area contributed by atoms with Gasteiger partial charge in [-0.25, -0.2) is 0 Å². The molecule has 130 valence electrons. The average Bonchev–Trinajstić information content (AvgIpc) is 3.03. The van der Waals surface area contributed by atoms with Crippen molar-refractivity contribution in [2.24, 2.45) is 0 Å². The van der Waals surface area contributed by atoms with E-state index in [2.05, 4.69) is 41.4 Å². The number of nitrogens with one attached hydrogen (secondary N) is 1. The Morgan fingerprint density at radius 3 is 2.58 bits per heavy atom. The van der Waals surface area contributed by atoms with Crippen LogP contribution in [-0.4, -0.2) is 27.3 Å². The minimum Gasteiger partial charge on any atom is -0.351 e. The fourth-order valence-corrected chi connectivity index (χ4v) is 2.70. The van der Waals surface area contributed by atoms with E-state index in [1.807, 2.05) is 26.0 Å². The first kappa shape index (κ1) is 18.5. The number of nitrogens with zero attached hydrogens (tertiary/aromatic N) is 2. The highest BCUT2D eigenvalue weighted by Gasteiger charge is 2.17. The van der Waals surface area contributed by atoms with Crippen LogP contribution in [0.25, 0.3) is 11.4 Å². The number of aryl methyl sites for hydroxylation is 1. The summed E-state index contributed by atoms with van der Waals surface area (Å²) >= 11 is 1.47. The van der Waals surface area contributed by atoms with Crippen molar-refractivity contribution in [1.82, 2.24) is 15.5 Å². The number of hydrogen-bond acceptors (Lipinski definition) is 5. The van der Waals surface area contributed by atoms with Crippen LogP contribution in [0.4, 0.5) is 0 Å². The molecule has 0 saturated heterocycles. The summed E-state index contributed by atoms with van der Waals surface area (Å²) in [4.78, 5) is 16.3. The molecule has 0 fully saturated rings. The summed E-state index contributed by atoms with van der Waals surface area (Å²) < 4.78 is 5.27. The van der Waals surface area contributed by atoms with E-state index in [0.717, 1.165) is 18.4 Å². The number of benzene rings is 1. The highest BCUT2D eigenvalue weighted by atomic mass is 32.2. The van der Waals surface area contributed by atoms with Gasteiger partial charge in [-0.1, -0.05) is 43.3 Å². The molecular formula is C18H25N3O2S. The molecule has 0 saturated carbocycles. The lowest BCUT2D eigenvalue weighted by molar-refractivity contribution is -0.120. The van der Waals surface area contributed by atoms with Crippen molar-refractivity contribution in [1.29, 1.82) is 0 Å². The van der Waals surface area contributed by atoms with Crippen molar-refractivity contribution >= 4 is 17.7 Å². The molecule has 0 spiro atoms. The molecule has 0 bridgehead atoms. The van der Waals surface area contributed by atoms with E-state index in [1.165, 1.54) is 17.3 Å². The maximum Gasteiger partial charge on any atom is 0.236 e. The predicted octanol–water partition coefficient (Wildman–Crippen LogP) is 3.84. The monoisotopic (exact) mass is 347 g/mol. The smallest absolute Gasteiger partial charge is 0.236 e. The lowest BCUT2D eigenvalue weighted by Crippen LogP contribution is -2.43. The molecular weight excluding hydrogens is 322 g/mol. The SMILES string of the molecule is CCc1ccc(-c2noc(CSCC(=O)NC(C)(C)CC)n2)cc1. The van der Waals surface area contributed by atoms with Gasteiger partial charge in [-0.05, 0) is 32.3 Å². The van der Waals surface area contributed by atoms with Crippen LogP contribution in [0, 0.1) is 0 Å². The molecule has 0 aliphatic heterocycles. The van der Waals surface area contributed by atoms with Gasteiger partial charge in [0.1, 0.15) is 0 Å². The van der Waals surface area contributed by atoms with E-state index in [4.69, 9.17) is 4.52 Å². The van der Waals surface area contributed by atoms with Crippen molar-refractivity contribution in [3.63, 3.8) is 0 Å². The van der Waals surface area contributed by atoms with Crippen molar-refractivity contribution in [2.45, 2.75) is 51.8 Å². The normalized spacial score (nSPS) is 11.5. The molecule has 0 unspecified atom stereocenters. The number of carbonyl (C=O) groups excluding carboxylic acids is 1. The quantitative estimate of drug-likeness (QED) is 0.786. The molecule has 1 heterocycles. The minimum absolute atomic E-state index is 0.0294. The highest BCUT2D eigenvalue weighted by Crippen LogP contribution is 2.19. The molecule has 2 rings (SSSR count). The Kier molecular flexibility index (Phi) is 6.43. The van der Waals surface area contributed by atoms with Gasteiger partial charge in [0.05, 0.1) is 11.5 Å². The zero-order valence-electron chi connectivity index (χ0n) is 14.8. The fourth-order valence-electron chi connectivity index (χ4n) is 2.05.